The number of Topliss-reactive ketones (excluding diaryl/α,β-unsaturated/α-hetero) is 1. The molecule has 0 bridgehead atoms. The number of rotatable bonds is 6. The molecule has 0 atom stereocenters. The quantitative estimate of drug-likeness (QED) is 0.271. The summed E-state index contributed by atoms with van der Waals surface area (Å²) in [6.45, 7) is 7.58. The number of hydrogen-bond donors (Lipinski definition) is 2. The summed E-state index contributed by atoms with van der Waals surface area (Å²) < 4.78 is 1.74. The van der Waals surface area contributed by atoms with Crippen LogP contribution in [0.1, 0.15) is 49.3 Å². The van der Waals surface area contributed by atoms with Gasteiger partial charge < -0.3 is 15.4 Å². The number of benzene rings is 2. The maximum atomic E-state index is 12.7. The molecule has 174 valence electrons. The highest BCUT2D eigenvalue weighted by atomic mass is 16.4. The maximum Gasteiger partial charge on any atom is 0.353 e. The normalized spacial score (nSPS) is 11.6. The number of carbonyl (C=O) groups excluding carboxylic acids is 1. The number of pyridine rings is 1. The molecule has 4 aromatic rings. The summed E-state index contributed by atoms with van der Waals surface area (Å²) in [6.07, 6.45) is 6.83. The molecule has 3 N–H and O–H groups in total. The van der Waals surface area contributed by atoms with Crippen molar-refractivity contribution in [1.82, 2.24) is 9.55 Å². The second-order valence-corrected chi connectivity index (χ2v) is 7.55. The summed E-state index contributed by atoms with van der Waals surface area (Å²) in [5.74, 6) is -0.945. The minimum absolute atomic E-state index is 0.0673. The number of carbonyl (C=O) groups is 2. The number of nitrogens with zero attached hydrogens (tertiary/aromatic N) is 2. The van der Waals surface area contributed by atoms with E-state index in [0.717, 1.165) is 27.2 Å². The van der Waals surface area contributed by atoms with E-state index in [4.69, 9.17) is 5.73 Å². The van der Waals surface area contributed by atoms with Gasteiger partial charge in [0.1, 0.15) is 11.5 Å². The van der Waals surface area contributed by atoms with Crippen LogP contribution in [0, 0.1) is 0 Å². The first-order valence-corrected chi connectivity index (χ1v) is 11.2. The highest BCUT2D eigenvalue weighted by Crippen LogP contribution is 2.38. The second kappa shape index (κ2) is 10.6. The predicted molar refractivity (Wildman–Crippen MR) is 139 cm³/mol. The topological polar surface area (TPSA) is 98.2 Å². The van der Waals surface area contributed by atoms with E-state index in [1.54, 1.807) is 41.1 Å². The third kappa shape index (κ3) is 4.62. The van der Waals surface area contributed by atoms with E-state index < -0.39 is 5.97 Å². The lowest BCUT2D eigenvalue weighted by molar-refractivity contribution is -0.111. The lowest BCUT2D eigenvalue weighted by Gasteiger charge is -2.10. The molecule has 4 rings (SSSR count). The largest absolute Gasteiger partial charge is 0.477 e. The van der Waals surface area contributed by atoms with Gasteiger partial charge in [-0.25, -0.2) is 9.78 Å². The van der Waals surface area contributed by atoms with E-state index >= 15 is 0 Å². The van der Waals surface area contributed by atoms with Crippen molar-refractivity contribution in [2.75, 3.05) is 5.73 Å². The van der Waals surface area contributed by atoms with Crippen LogP contribution in [0.5, 0.6) is 0 Å². The maximum absolute atomic E-state index is 12.7. The molecule has 2 heterocycles. The fraction of sp³-hybridized carbons (Fsp3) is 0.179. The Bertz CT molecular complexity index is 1430. The molecule has 2 aromatic heterocycles. The number of carboxylic acid groups (broad SMARTS) is 1. The van der Waals surface area contributed by atoms with Crippen molar-refractivity contribution >= 4 is 44.8 Å². The van der Waals surface area contributed by atoms with Gasteiger partial charge in [0.25, 0.3) is 0 Å². The van der Waals surface area contributed by atoms with Gasteiger partial charge in [-0.2, -0.15) is 0 Å². The fourth-order valence-corrected chi connectivity index (χ4v) is 4.11. The monoisotopic (exact) mass is 455 g/mol. The summed E-state index contributed by atoms with van der Waals surface area (Å²) in [5, 5.41) is 12.9. The number of carboxylic acids is 1. The number of aromatic nitrogens is 2. The third-order valence-corrected chi connectivity index (χ3v) is 5.45. The molecule has 0 saturated heterocycles. The Kier molecular flexibility index (Phi) is 7.64. The Morgan fingerprint density at radius 1 is 1.12 bits per heavy atom. The van der Waals surface area contributed by atoms with Crippen LogP contribution in [0.15, 0.2) is 73.0 Å². The molecule has 34 heavy (non-hydrogen) atoms. The SMILES string of the molecule is C/C=C\C=C(/C(C)=O)c1c(C(=O)O)n(Cc2ccnc(N)c2)c2ccc3ccccc3c12.CC. The van der Waals surface area contributed by atoms with Crippen LogP contribution in [-0.2, 0) is 11.3 Å². The summed E-state index contributed by atoms with van der Waals surface area (Å²) >= 11 is 0. The number of aromatic carboxylic acids is 1. The Morgan fingerprint density at radius 2 is 1.85 bits per heavy atom. The first kappa shape index (κ1) is 24.5. The van der Waals surface area contributed by atoms with Crippen LogP contribution in [0.2, 0.25) is 0 Å². The van der Waals surface area contributed by atoms with Gasteiger partial charge in [-0.3, -0.25) is 4.79 Å². The van der Waals surface area contributed by atoms with Crippen molar-refractivity contribution in [2.45, 2.75) is 34.2 Å². The number of hydrogen-bond acceptors (Lipinski definition) is 4. The van der Waals surface area contributed by atoms with Crippen molar-refractivity contribution in [3.8, 4) is 0 Å². The van der Waals surface area contributed by atoms with E-state index in [1.807, 2.05) is 57.2 Å². The lowest BCUT2D eigenvalue weighted by atomic mass is 9.95. The molecule has 0 aliphatic rings. The van der Waals surface area contributed by atoms with Gasteiger partial charge >= 0.3 is 5.97 Å². The molecule has 0 saturated carbocycles. The molecule has 0 aliphatic heterocycles. The fourth-order valence-electron chi connectivity index (χ4n) is 4.11. The highest BCUT2D eigenvalue weighted by molar-refractivity contribution is 6.28. The molecule has 6 nitrogen and oxygen atoms in total. The van der Waals surface area contributed by atoms with Crippen molar-refractivity contribution in [3.05, 3.63) is 89.8 Å². The van der Waals surface area contributed by atoms with Crippen molar-refractivity contribution in [3.63, 3.8) is 0 Å². The van der Waals surface area contributed by atoms with Crippen LogP contribution < -0.4 is 5.73 Å². The Morgan fingerprint density at radius 3 is 2.50 bits per heavy atom. The van der Waals surface area contributed by atoms with Gasteiger partial charge in [0, 0.05) is 29.3 Å². The van der Waals surface area contributed by atoms with Crippen LogP contribution in [0.25, 0.3) is 27.2 Å². The smallest absolute Gasteiger partial charge is 0.353 e. The highest BCUT2D eigenvalue weighted by Gasteiger charge is 2.27. The molecule has 2 aromatic carbocycles. The number of anilines is 1. The van der Waals surface area contributed by atoms with Crippen molar-refractivity contribution < 1.29 is 14.7 Å². The molecule has 0 radical (unpaired) electrons. The molecule has 6 heteroatoms. The first-order chi connectivity index (χ1) is 16.4. The summed E-state index contributed by atoms with van der Waals surface area (Å²) in [4.78, 5) is 29.3. The van der Waals surface area contributed by atoms with Gasteiger partial charge in [-0.15, -0.1) is 0 Å². The van der Waals surface area contributed by atoms with Crippen LogP contribution in [0.4, 0.5) is 5.82 Å². The number of fused-ring (bicyclic) bond motifs is 3. The molecular formula is C28H29N3O3. The Labute approximate surface area is 199 Å². The summed E-state index contributed by atoms with van der Waals surface area (Å²) in [6, 6.07) is 15.2. The number of ketones is 1. The zero-order valence-corrected chi connectivity index (χ0v) is 19.9. The Balaban J connectivity index is 0.00000158. The van der Waals surface area contributed by atoms with Crippen molar-refractivity contribution in [2.24, 2.45) is 0 Å². The predicted octanol–water partition coefficient (Wildman–Crippen LogP) is 6.09. The summed E-state index contributed by atoms with van der Waals surface area (Å²) in [5.41, 5.74) is 8.25. The van der Waals surface area contributed by atoms with E-state index in [-0.39, 0.29) is 18.0 Å². The van der Waals surface area contributed by atoms with E-state index in [2.05, 4.69) is 4.98 Å². The second-order valence-electron chi connectivity index (χ2n) is 7.55. The van der Waals surface area contributed by atoms with Crippen molar-refractivity contribution in [1.29, 1.82) is 0 Å². The number of allylic oxidation sites excluding steroid dienone is 4. The molecular weight excluding hydrogens is 426 g/mol. The molecule has 0 amide bonds. The third-order valence-electron chi connectivity index (χ3n) is 5.45. The van der Waals surface area contributed by atoms with Crippen LogP contribution >= 0.6 is 0 Å². The van der Waals surface area contributed by atoms with E-state index in [1.165, 1.54) is 6.92 Å². The van der Waals surface area contributed by atoms with Crippen LogP contribution in [-0.4, -0.2) is 26.4 Å². The zero-order valence-electron chi connectivity index (χ0n) is 19.9. The average Bonchev–Trinajstić information content (AvgIpc) is 3.15. The molecule has 0 spiro atoms. The molecule has 0 fully saturated rings. The first-order valence-electron chi connectivity index (χ1n) is 11.2. The van der Waals surface area contributed by atoms with Gasteiger partial charge in [0.05, 0.1) is 5.52 Å². The minimum atomic E-state index is -1.10. The number of nitrogens with two attached hydrogens (primary N) is 1. The summed E-state index contributed by atoms with van der Waals surface area (Å²) in [7, 11) is 0. The van der Waals surface area contributed by atoms with Crippen LogP contribution in [0.3, 0.4) is 0 Å². The van der Waals surface area contributed by atoms with Gasteiger partial charge in [-0.1, -0.05) is 62.4 Å². The Hall–Kier alpha value is -4.19. The van der Waals surface area contributed by atoms with Gasteiger partial charge in [-0.05, 0) is 48.4 Å². The van der Waals surface area contributed by atoms with Gasteiger partial charge in [0.2, 0.25) is 0 Å². The molecule has 0 unspecified atom stereocenters. The average molecular weight is 456 g/mol. The lowest BCUT2D eigenvalue weighted by Crippen LogP contribution is -2.12. The van der Waals surface area contributed by atoms with Gasteiger partial charge in [0.15, 0.2) is 5.78 Å². The zero-order chi connectivity index (χ0) is 24.8. The standard InChI is InChI=1S/C26H23N3O3.C2H6/c1-3-4-8-19(16(2)30)24-23-20-9-6-5-7-18(20)10-11-21(23)29(25(24)26(31)32)15-17-12-13-28-22(27)14-17;1-2/h3-14H,15H2,1-2H3,(H2,27,28)(H,31,32);1-2H3/b4-3-,19-8+;. The number of nitrogen functional groups attached to an aromatic ring is 1. The molecule has 0 aliphatic carbocycles. The minimum Gasteiger partial charge on any atom is -0.477 e. The van der Waals surface area contributed by atoms with E-state index in [9.17, 15) is 14.7 Å². The van der Waals surface area contributed by atoms with E-state index in [0.29, 0.717) is 17.0 Å².